The van der Waals surface area contributed by atoms with Crippen LogP contribution in [0, 0.1) is 5.92 Å². The summed E-state index contributed by atoms with van der Waals surface area (Å²) in [6, 6.07) is 0.271. The summed E-state index contributed by atoms with van der Waals surface area (Å²) in [6.45, 7) is 4.25. The van der Waals surface area contributed by atoms with Gasteiger partial charge < -0.3 is 10.2 Å². The molecule has 0 radical (unpaired) electrons. The minimum atomic E-state index is -0.599. The molecule has 1 aromatic rings. The lowest BCUT2D eigenvalue weighted by Crippen LogP contribution is -2.35. The number of carbonyl (C=O) groups excluding carboxylic acids is 1. The largest absolute Gasteiger partial charge is 0.365 e. The molecule has 0 aromatic carbocycles. The summed E-state index contributed by atoms with van der Waals surface area (Å²) in [6.07, 6.45) is 11.4. The summed E-state index contributed by atoms with van der Waals surface area (Å²) < 4.78 is 0. The van der Waals surface area contributed by atoms with Gasteiger partial charge in [0, 0.05) is 25.2 Å². The van der Waals surface area contributed by atoms with Crippen molar-refractivity contribution in [2.24, 2.45) is 5.92 Å². The van der Waals surface area contributed by atoms with Crippen LogP contribution in [0.15, 0.2) is 18.5 Å². The SMILES string of the molecule is C[C@H](CN(C)CC1CCCC1)Nc1cnc(C=CC(=O)NO)cn1. The number of amides is 1. The molecule has 1 aliphatic carbocycles. The van der Waals surface area contributed by atoms with Gasteiger partial charge in [0.15, 0.2) is 0 Å². The predicted molar refractivity (Wildman–Crippen MR) is 93.5 cm³/mol. The molecule has 0 bridgehead atoms. The van der Waals surface area contributed by atoms with E-state index in [1.807, 2.05) is 0 Å². The third-order valence-corrected chi connectivity index (χ3v) is 4.21. The molecule has 24 heavy (non-hydrogen) atoms. The number of nitrogens with zero attached hydrogens (tertiary/aromatic N) is 3. The van der Waals surface area contributed by atoms with Crippen LogP contribution < -0.4 is 10.8 Å². The first kappa shape index (κ1) is 18.4. The molecule has 1 aliphatic rings. The minimum absolute atomic E-state index is 0.271. The normalized spacial score (nSPS) is 16.7. The van der Waals surface area contributed by atoms with E-state index in [9.17, 15) is 4.79 Å². The molecule has 0 saturated heterocycles. The fourth-order valence-corrected chi connectivity index (χ4v) is 3.17. The monoisotopic (exact) mass is 333 g/mol. The van der Waals surface area contributed by atoms with Crippen LogP contribution >= 0.6 is 0 Å². The van der Waals surface area contributed by atoms with Crippen LogP contribution in [0.5, 0.6) is 0 Å². The van der Waals surface area contributed by atoms with Crippen molar-refractivity contribution in [3.63, 3.8) is 0 Å². The summed E-state index contributed by atoms with van der Waals surface area (Å²) in [5, 5.41) is 11.8. The number of hydroxylamine groups is 1. The number of nitrogens with one attached hydrogen (secondary N) is 2. The van der Waals surface area contributed by atoms with Crippen LogP contribution in [-0.2, 0) is 4.79 Å². The molecule has 0 spiro atoms. The molecule has 2 rings (SSSR count). The van der Waals surface area contributed by atoms with E-state index in [0.717, 1.165) is 19.0 Å². The standard InChI is InChI=1S/C17H27N5O2/c1-13(11-22(2)12-14-5-3-4-6-14)20-16-10-18-15(9-19-16)7-8-17(23)21-24/h7-10,13-14,24H,3-6,11-12H2,1-2H3,(H,19,20)(H,21,23)/t13-/m1/s1. The molecule has 1 aromatic heterocycles. The zero-order valence-corrected chi connectivity index (χ0v) is 14.4. The Morgan fingerprint density at radius 3 is 2.79 bits per heavy atom. The van der Waals surface area contributed by atoms with E-state index in [0.29, 0.717) is 11.5 Å². The van der Waals surface area contributed by atoms with Crippen molar-refractivity contribution in [1.29, 1.82) is 0 Å². The minimum Gasteiger partial charge on any atom is -0.365 e. The van der Waals surface area contributed by atoms with Crippen LogP contribution in [-0.4, -0.2) is 52.2 Å². The van der Waals surface area contributed by atoms with Gasteiger partial charge in [-0.1, -0.05) is 12.8 Å². The zero-order valence-electron chi connectivity index (χ0n) is 14.4. The Bertz CT molecular complexity index is 540. The number of hydrogen-bond acceptors (Lipinski definition) is 6. The van der Waals surface area contributed by atoms with Crippen molar-refractivity contribution in [3.05, 3.63) is 24.2 Å². The fourth-order valence-electron chi connectivity index (χ4n) is 3.17. The highest BCUT2D eigenvalue weighted by Crippen LogP contribution is 2.25. The van der Waals surface area contributed by atoms with Crippen LogP contribution in [0.4, 0.5) is 5.82 Å². The molecule has 3 N–H and O–H groups in total. The van der Waals surface area contributed by atoms with Gasteiger partial charge in [0.05, 0.1) is 18.1 Å². The number of carbonyl (C=O) groups is 1. The first-order valence-electron chi connectivity index (χ1n) is 8.46. The summed E-state index contributed by atoms with van der Waals surface area (Å²) in [7, 11) is 2.17. The zero-order chi connectivity index (χ0) is 17.4. The lowest BCUT2D eigenvalue weighted by molar-refractivity contribution is -0.124. The maximum atomic E-state index is 10.9. The Balaban J connectivity index is 1.77. The summed E-state index contributed by atoms with van der Waals surface area (Å²) >= 11 is 0. The summed E-state index contributed by atoms with van der Waals surface area (Å²) in [5.74, 6) is 0.961. The second kappa shape index (κ2) is 9.34. The van der Waals surface area contributed by atoms with Gasteiger partial charge in [0.1, 0.15) is 5.82 Å². The Hall–Kier alpha value is -1.99. The molecule has 7 heteroatoms. The molecule has 1 amide bonds. The Kier molecular flexibility index (Phi) is 7.14. The highest BCUT2D eigenvalue weighted by atomic mass is 16.5. The maximum Gasteiger partial charge on any atom is 0.267 e. The van der Waals surface area contributed by atoms with Gasteiger partial charge in [0.25, 0.3) is 5.91 Å². The first-order valence-corrected chi connectivity index (χ1v) is 8.46. The maximum absolute atomic E-state index is 10.9. The molecular weight excluding hydrogens is 306 g/mol. The van der Waals surface area contributed by atoms with Gasteiger partial charge in [-0.25, -0.2) is 10.5 Å². The Morgan fingerprint density at radius 2 is 2.17 bits per heavy atom. The number of hydrogen-bond donors (Lipinski definition) is 3. The van der Waals surface area contributed by atoms with Crippen molar-refractivity contribution in [3.8, 4) is 0 Å². The van der Waals surface area contributed by atoms with Crippen molar-refractivity contribution < 1.29 is 10.0 Å². The van der Waals surface area contributed by atoms with E-state index in [4.69, 9.17) is 5.21 Å². The van der Waals surface area contributed by atoms with Crippen LogP contribution in [0.2, 0.25) is 0 Å². The van der Waals surface area contributed by atoms with Gasteiger partial charge in [-0.15, -0.1) is 0 Å². The van der Waals surface area contributed by atoms with Crippen molar-refractivity contribution in [1.82, 2.24) is 20.3 Å². The Labute approximate surface area is 143 Å². The van der Waals surface area contributed by atoms with Gasteiger partial charge in [-0.3, -0.25) is 15.0 Å². The quantitative estimate of drug-likeness (QED) is 0.382. The Morgan fingerprint density at radius 1 is 1.42 bits per heavy atom. The predicted octanol–water partition coefficient (Wildman–Crippen LogP) is 1.92. The smallest absolute Gasteiger partial charge is 0.267 e. The molecular formula is C17H27N5O2. The van der Waals surface area contributed by atoms with Crippen molar-refractivity contribution in [2.45, 2.75) is 38.6 Å². The fraction of sp³-hybridized carbons (Fsp3) is 0.588. The lowest BCUT2D eigenvalue weighted by atomic mass is 10.1. The average Bonchev–Trinajstić information content (AvgIpc) is 3.06. The second-order valence-electron chi connectivity index (χ2n) is 6.55. The highest BCUT2D eigenvalue weighted by molar-refractivity contribution is 5.90. The summed E-state index contributed by atoms with van der Waals surface area (Å²) in [5.41, 5.74) is 2.08. The molecule has 132 valence electrons. The lowest BCUT2D eigenvalue weighted by Gasteiger charge is -2.25. The first-order chi connectivity index (χ1) is 11.6. The third kappa shape index (κ3) is 6.25. The van der Waals surface area contributed by atoms with E-state index in [1.165, 1.54) is 43.3 Å². The topological polar surface area (TPSA) is 90.4 Å². The van der Waals surface area contributed by atoms with Crippen molar-refractivity contribution >= 4 is 17.8 Å². The van der Waals surface area contributed by atoms with E-state index < -0.39 is 5.91 Å². The van der Waals surface area contributed by atoms with Gasteiger partial charge in [0.2, 0.25) is 0 Å². The number of rotatable bonds is 8. The van der Waals surface area contributed by atoms with Gasteiger partial charge in [-0.2, -0.15) is 0 Å². The molecule has 1 atom stereocenters. The molecule has 1 heterocycles. The second-order valence-corrected chi connectivity index (χ2v) is 6.55. The van der Waals surface area contributed by atoms with Crippen molar-refractivity contribution in [2.75, 3.05) is 25.5 Å². The molecule has 0 unspecified atom stereocenters. The third-order valence-electron chi connectivity index (χ3n) is 4.21. The van der Waals surface area contributed by atoms with E-state index >= 15 is 0 Å². The number of likely N-dealkylation sites (N-methyl/N-ethyl adjacent to an activating group) is 1. The van der Waals surface area contributed by atoms with E-state index in [2.05, 4.69) is 34.2 Å². The molecule has 0 aliphatic heterocycles. The van der Waals surface area contributed by atoms with Crippen LogP contribution in [0.25, 0.3) is 6.08 Å². The molecule has 7 nitrogen and oxygen atoms in total. The number of anilines is 1. The van der Waals surface area contributed by atoms with Gasteiger partial charge >= 0.3 is 0 Å². The molecule has 1 fully saturated rings. The highest BCUT2D eigenvalue weighted by Gasteiger charge is 2.17. The van der Waals surface area contributed by atoms with E-state index in [1.54, 1.807) is 12.4 Å². The number of aromatic nitrogens is 2. The van der Waals surface area contributed by atoms with Crippen LogP contribution in [0.1, 0.15) is 38.3 Å². The molecule has 1 saturated carbocycles. The van der Waals surface area contributed by atoms with Crippen LogP contribution in [0.3, 0.4) is 0 Å². The van der Waals surface area contributed by atoms with E-state index in [-0.39, 0.29) is 6.04 Å². The average molecular weight is 333 g/mol. The summed E-state index contributed by atoms with van der Waals surface area (Å²) in [4.78, 5) is 21.8. The van der Waals surface area contributed by atoms with Gasteiger partial charge in [-0.05, 0) is 38.8 Å².